The third kappa shape index (κ3) is 2.38. The molecule has 0 saturated heterocycles. The van der Waals surface area contributed by atoms with E-state index < -0.39 is 0 Å². The number of hydrogen-bond donors (Lipinski definition) is 1. The highest BCUT2D eigenvalue weighted by molar-refractivity contribution is 6.02. The third-order valence-corrected chi connectivity index (χ3v) is 6.53. The SMILES string of the molecule is O=C(Nc1ccc(C2C3CC4CC(C3)CC2C4)cc1)c1ccco1. The summed E-state index contributed by atoms with van der Waals surface area (Å²) in [4.78, 5) is 12.1. The van der Waals surface area contributed by atoms with Crippen molar-refractivity contribution in [1.82, 2.24) is 0 Å². The monoisotopic (exact) mass is 321 g/mol. The van der Waals surface area contributed by atoms with Crippen LogP contribution >= 0.6 is 0 Å². The molecule has 1 heterocycles. The Balaban J connectivity index is 1.32. The predicted octanol–water partition coefficient (Wildman–Crippen LogP) is 5.07. The normalized spacial score (nSPS) is 33.6. The van der Waals surface area contributed by atoms with E-state index in [0.717, 1.165) is 35.3 Å². The number of nitrogens with one attached hydrogen (secondary N) is 1. The highest BCUT2D eigenvalue weighted by Gasteiger charge is 2.48. The van der Waals surface area contributed by atoms with Gasteiger partial charge in [0, 0.05) is 5.69 Å². The molecule has 4 fully saturated rings. The Kier molecular flexibility index (Phi) is 3.29. The van der Waals surface area contributed by atoms with Crippen LogP contribution in [-0.2, 0) is 0 Å². The first-order chi connectivity index (χ1) is 11.8. The van der Waals surface area contributed by atoms with Crippen molar-refractivity contribution >= 4 is 11.6 Å². The lowest BCUT2D eigenvalue weighted by Gasteiger charge is -2.54. The van der Waals surface area contributed by atoms with Crippen LogP contribution in [0.25, 0.3) is 0 Å². The maximum atomic E-state index is 12.1. The summed E-state index contributed by atoms with van der Waals surface area (Å²) in [6.45, 7) is 0. The molecular weight excluding hydrogens is 298 g/mol. The average molecular weight is 321 g/mol. The molecule has 4 aliphatic rings. The van der Waals surface area contributed by atoms with E-state index in [-0.39, 0.29) is 5.91 Å². The summed E-state index contributed by atoms with van der Waals surface area (Å²) >= 11 is 0. The smallest absolute Gasteiger partial charge is 0.291 e. The van der Waals surface area contributed by atoms with E-state index >= 15 is 0 Å². The predicted molar refractivity (Wildman–Crippen MR) is 92.9 cm³/mol. The zero-order chi connectivity index (χ0) is 16.1. The van der Waals surface area contributed by atoms with Gasteiger partial charge < -0.3 is 9.73 Å². The van der Waals surface area contributed by atoms with Crippen LogP contribution in [0.15, 0.2) is 47.1 Å². The van der Waals surface area contributed by atoms with Crippen LogP contribution in [0.2, 0.25) is 0 Å². The Labute approximate surface area is 142 Å². The summed E-state index contributed by atoms with van der Waals surface area (Å²) < 4.78 is 5.14. The standard InChI is InChI=1S/C21H23NO2/c23-21(19-2-1-7-24-19)22-18-5-3-15(4-6-18)20-16-9-13-8-14(11-16)12-17(20)10-13/h1-7,13-14,16-17,20H,8-12H2,(H,22,23). The van der Waals surface area contributed by atoms with E-state index in [4.69, 9.17) is 4.42 Å². The number of rotatable bonds is 3. The summed E-state index contributed by atoms with van der Waals surface area (Å²) in [6, 6.07) is 11.9. The van der Waals surface area contributed by atoms with Crippen LogP contribution in [-0.4, -0.2) is 5.91 Å². The van der Waals surface area contributed by atoms with Gasteiger partial charge in [-0.25, -0.2) is 0 Å². The molecule has 0 aliphatic heterocycles. The lowest BCUT2D eigenvalue weighted by molar-refractivity contribution is -0.00277. The molecule has 3 nitrogen and oxygen atoms in total. The van der Waals surface area contributed by atoms with E-state index in [2.05, 4.69) is 17.4 Å². The van der Waals surface area contributed by atoms with Gasteiger partial charge in [-0.3, -0.25) is 4.79 Å². The van der Waals surface area contributed by atoms with Gasteiger partial charge in [0.1, 0.15) is 0 Å². The summed E-state index contributed by atoms with van der Waals surface area (Å²) in [7, 11) is 0. The molecule has 1 aromatic heterocycles. The van der Waals surface area contributed by atoms with Crippen LogP contribution in [0, 0.1) is 23.7 Å². The van der Waals surface area contributed by atoms with Crippen molar-refractivity contribution < 1.29 is 9.21 Å². The number of furan rings is 1. The van der Waals surface area contributed by atoms with Gasteiger partial charge in [-0.15, -0.1) is 0 Å². The van der Waals surface area contributed by atoms with Crippen molar-refractivity contribution in [3.8, 4) is 0 Å². The van der Waals surface area contributed by atoms with Gasteiger partial charge in [0.05, 0.1) is 6.26 Å². The minimum Gasteiger partial charge on any atom is -0.459 e. The lowest BCUT2D eigenvalue weighted by Crippen LogP contribution is -2.43. The first-order valence-electron chi connectivity index (χ1n) is 9.21. The minimum absolute atomic E-state index is 0.192. The summed E-state index contributed by atoms with van der Waals surface area (Å²) in [5.41, 5.74) is 2.31. The Morgan fingerprint density at radius 2 is 1.58 bits per heavy atom. The van der Waals surface area contributed by atoms with Crippen molar-refractivity contribution in [2.75, 3.05) is 5.32 Å². The molecule has 124 valence electrons. The van der Waals surface area contributed by atoms with Gasteiger partial charge >= 0.3 is 0 Å². The van der Waals surface area contributed by atoms with Gasteiger partial charge in [0.25, 0.3) is 5.91 Å². The molecule has 3 heteroatoms. The molecule has 2 aromatic rings. The van der Waals surface area contributed by atoms with Gasteiger partial charge in [0.15, 0.2) is 5.76 Å². The summed E-state index contributed by atoms with van der Waals surface area (Å²) in [5.74, 6) is 4.70. The number of anilines is 1. The molecule has 1 amide bonds. The van der Waals surface area contributed by atoms with E-state index in [9.17, 15) is 4.79 Å². The van der Waals surface area contributed by atoms with Crippen LogP contribution in [0.3, 0.4) is 0 Å². The van der Waals surface area contributed by atoms with Crippen LogP contribution in [0.4, 0.5) is 5.69 Å². The van der Waals surface area contributed by atoms with E-state index in [0.29, 0.717) is 5.76 Å². The van der Waals surface area contributed by atoms with Crippen molar-refractivity contribution in [2.24, 2.45) is 23.7 Å². The first kappa shape index (κ1) is 14.3. The molecule has 24 heavy (non-hydrogen) atoms. The zero-order valence-corrected chi connectivity index (χ0v) is 13.8. The Morgan fingerprint density at radius 1 is 0.917 bits per heavy atom. The second-order valence-corrected chi connectivity index (χ2v) is 8.01. The Hall–Kier alpha value is -2.03. The van der Waals surface area contributed by atoms with Crippen molar-refractivity contribution in [1.29, 1.82) is 0 Å². The number of hydrogen-bond acceptors (Lipinski definition) is 2. The highest BCUT2D eigenvalue weighted by atomic mass is 16.3. The fourth-order valence-corrected chi connectivity index (χ4v) is 5.86. The van der Waals surface area contributed by atoms with Crippen LogP contribution in [0.1, 0.15) is 54.1 Å². The number of benzene rings is 1. The molecule has 4 aliphatic carbocycles. The minimum atomic E-state index is -0.192. The van der Waals surface area contributed by atoms with E-state index in [1.807, 2.05) is 12.1 Å². The molecule has 1 aromatic carbocycles. The zero-order valence-electron chi connectivity index (χ0n) is 13.8. The fourth-order valence-electron chi connectivity index (χ4n) is 5.86. The molecular formula is C21H23NO2. The Bertz CT molecular complexity index is 704. The summed E-state index contributed by atoms with van der Waals surface area (Å²) in [6.07, 6.45) is 8.77. The second kappa shape index (κ2) is 5.51. The van der Waals surface area contributed by atoms with Gasteiger partial charge in [0.2, 0.25) is 0 Å². The third-order valence-electron chi connectivity index (χ3n) is 6.53. The maximum Gasteiger partial charge on any atom is 0.291 e. The van der Waals surface area contributed by atoms with Gasteiger partial charge in [-0.2, -0.15) is 0 Å². The van der Waals surface area contributed by atoms with Crippen molar-refractivity contribution in [3.05, 3.63) is 54.0 Å². The molecule has 0 unspecified atom stereocenters. The summed E-state index contributed by atoms with van der Waals surface area (Å²) in [5, 5.41) is 2.91. The van der Waals surface area contributed by atoms with Crippen molar-refractivity contribution in [3.63, 3.8) is 0 Å². The molecule has 4 saturated carbocycles. The quantitative estimate of drug-likeness (QED) is 0.857. The maximum absolute atomic E-state index is 12.1. The average Bonchev–Trinajstić information content (AvgIpc) is 3.10. The second-order valence-electron chi connectivity index (χ2n) is 8.01. The molecule has 1 N–H and O–H groups in total. The van der Waals surface area contributed by atoms with E-state index in [1.54, 1.807) is 12.1 Å². The molecule has 0 atom stereocenters. The molecule has 0 radical (unpaired) electrons. The highest BCUT2D eigenvalue weighted by Crippen LogP contribution is 2.59. The number of amides is 1. The van der Waals surface area contributed by atoms with Crippen molar-refractivity contribution in [2.45, 2.75) is 38.0 Å². The van der Waals surface area contributed by atoms with Crippen LogP contribution < -0.4 is 5.32 Å². The van der Waals surface area contributed by atoms with Gasteiger partial charge in [-0.1, -0.05) is 12.1 Å². The van der Waals surface area contributed by atoms with Crippen LogP contribution in [0.5, 0.6) is 0 Å². The fraction of sp³-hybridized carbons (Fsp3) is 0.476. The number of carbonyl (C=O) groups excluding carboxylic acids is 1. The van der Waals surface area contributed by atoms with Gasteiger partial charge in [-0.05, 0) is 91.5 Å². The lowest BCUT2D eigenvalue weighted by atomic mass is 9.51. The molecule has 4 bridgehead atoms. The van der Waals surface area contributed by atoms with E-state index in [1.165, 1.54) is 43.9 Å². The molecule has 6 rings (SSSR count). The largest absolute Gasteiger partial charge is 0.459 e. The Morgan fingerprint density at radius 3 is 2.17 bits per heavy atom. The molecule has 0 spiro atoms. The topological polar surface area (TPSA) is 42.2 Å². The number of carbonyl (C=O) groups is 1. The first-order valence-corrected chi connectivity index (χ1v) is 9.21.